The fourth-order valence-corrected chi connectivity index (χ4v) is 7.68. The van der Waals surface area contributed by atoms with Gasteiger partial charge in [0, 0.05) is 46.1 Å². The van der Waals surface area contributed by atoms with E-state index in [1.807, 2.05) is 70.2 Å². The van der Waals surface area contributed by atoms with Crippen LogP contribution in [0.5, 0.6) is 0 Å². The molecule has 0 spiro atoms. The number of rotatable bonds is 11. The van der Waals surface area contributed by atoms with E-state index < -0.39 is 20.8 Å². The third-order valence-electron chi connectivity index (χ3n) is 9.03. The third kappa shape index (κ3) is 7.64. The molecule has 10 nitrogen and oxygen atoms in total. The molecule has 5 rings (SSSR count). The molecule has 252 valence electrons. The number of allylic oxidation sites excluding steroid dienone is 8. The summed E-state index contributed by atoms with van der Waals surface area (Å²) in [6.45, 7) is 8.44. The van der Waals surface area contributed by atoms with Crippen LogP contribution in [0, 0.1) is 0 Å². The van der Waals surface area contributed by atoms with E-state index in [2.05, 4.69) is 48.2 Å². The Kier molecular flexibility index (Phi) is 10.1. The van der Waals surface area contributed by atoms with Crippen molar-refractivity contribution in [3.05, 3.63) is 106 Å². The number of nitrogens with zero attached hydrogens (tertiary/aromatic N) is 2. The monoisotopic (exact) mass is 703 g/mol. The van der Waals surface area contributed by atoms with Gasteiger partial charge >= 0.3 is 20.8 Å². The highest BCUT2D eigenvalue weighted by atomic mass is 35.5. The van der Waals surface area contributed by atoms with E-state index in [1.165, 1.54) is 0 Å². The minimum absolute atomic E-state index is 0.217. The summed E-state index contributed by atoms with van der Waals surface area (Å²) in [5, 5.41) is 0.661. The average molecular weight is 704 g/mol. The summed E-state index contributed by atoms with van der Waals surface area (Å²) >= 11 is 7.05. The maximum atomic E-state index is 11.2. The Morgan fingerprint density at radius 2 is 1.49 bits per heavy atom. The highest BCUT2D eigenvalue weighted by Crippen LogP contribution is 2.48. The van der Waals surface area contributed by atoms with Crippen molar-refractivity contribution in [2.75, 3.05) is 31.2 Å². The van der Waals surface area contributed by atoms with Gasteiger partial charge in [-0.25, -0.2) is 8.37 Å². The van der Waals surface area contributed by atoms with Crippen LogP contribution in [-0.2, 0) is 40.0 Å². The lowest BCUT2D eigenvalue weighted by atomic mass is 9.81. The van der Waals surface area contributed by atoms with Crippen molar-refractivity contribution in [2.24, 2.45) is 0 Å². The van der Waals surface area contributed by atoms with Gasteiger partial charge in [-0.3, -0.25) is 9.11 Å². The first kappa shape index (κ1) is 35.2. The van der Waals surface area contributed by atoms with Gasteiger partial charge in [0.25, 0.3) is 0 Å². The lowest BCUT2D eigenvalue weighted by molar-refractivity contribution is -0.440. The Bertz CT molecular complexity index is 1940. The predicted molar refractivity (Wildman–Crippen MR) is 183 cm³/mol. The van der Waals surface area contributed by atoms with Crippen molar-refractivity contribution in [1.82, 2.24) is 0 Å². The van der Waals surface area contributed by atoms with Gasteiger partial charge in [0.2, 0.25) is 5.69 Å². The number of halogens is 1. The molecule has 2 N–H and O–H groups in total. The zero-order chi connectivity index (χ0) is 34.2. The zero-order valence-electron chi connectivity index (χ0n) is 26.8. The molecular weight excluding hydrogens is 664 g/mol. The second kappa shape index (κ2) is 13.4. The van der Waals surface area contributed by atoms with Crippen LogP contribution in [0.25, 0.3) is 0 Å². The van der Waals surface area contributed by atoms with E-state index in [0.717, 1.165) is 64.3 Å². The maximum absolute atomic E-state index is 11.2. The zero-order valence-corrected chi connectivity index (χ0v) is 29.2. The van der Waals surface area contributed by atoms with Crippen LogP contribution in [0.3, 0.4) is 0 Å². The van der Waals surface area contributed by atoms with E-state index in [0.29, 0.717) is 5.03 Å². The van der Waals surface area contributed by atoms with E-state index in [4.69, 9.17) is 20.7 Å². The summed E-state index contributed by atoms with van der Waals surface area (Å²) in [5.41, 5.74) is 7.14. The van der Waals surface area contributed by atoms with E-state index in [9.17, 15) is 16.8 Å². The molecule has 0 saturated carbocycles. The molecule has 1 aliphatic carbocycles. The predicted octanol–water partition coefficient (Wildman–Crippen LogP) is 6.54. The van der Waals surface area contributed by atoms with Crippen LogP contribution in [0.1, 0.15) is 58.1 Å². The van der Waals surface area contributed by atoms with Gasteiger partial charge in [-0.2, -0.15) is 21.4 Å². The van der Waals surface area contributed by atoms with Crippen LogP contribution in [0.2, 0.25) is 0 Å². The molecule has 0 radical (unpaired) electrons. The van der Waals surface area contributed by atoms with Gasteiger partial charge in [0.1, 0.15) is 6.61 Å². The second-order valence-corrected chi connectivity index (χ2v) is 15.3. The van der Waals surface area contributed by atoms with E-state index in [1.54, 1.807) is 0 Å². The molecule has 3 aliphatic rings. The molecule has 0 unspecified atom stereocenters. The normalized spacial score (nSPS) is 21.0. The molecular formula is C34H40ClN2O8S2+. The van der Waals surface area contributed by atoms with Gasteiger partial charge in [-0.05, 0) is 62.0 Å². The number of hydrogen-bond donors (Lipinski definition) is 2. The standard InChI is InChI=1S/C34H39ClN2O8S2/c1-33(2)26-12-5-7-14-28(26)36(20-22-44-46(38,39)40)30(33)18-16-24-10-9-11-25(32(24)35)17-19-31-34(3,4)27-13-6-8-15-29(27)37(31)21-23-45-47(41,42)43/h5-8,12-19H,9-11,20-23H2,1-4H3,(H-,38,39,40,41,42,43)/p+1. The Hall–Kier alpha value is -3.10. The van der Waals surface area contributed by atoms with E-state index >= 15 is 0 Å². The first-order valence-corrected chi connectivity index (χ1v) is 18.4. The largest absolute Gasteiger partial charge is 0.397 e. The molecule has 0 atom stereocenters. The highest BCUT2D eigenvalue weighted by Gasteiger charge is 2.44. The molecule has 0 fully saturated rings. The van der Waals surface area contributed by atoms with Crippen molar-refractivity contribution in [3.8, 4) is 0 Å². The van der Waals surface area contributed by atoms with Crippen molar-refractivity contribution in [2.45, 2.75) is 57.8 Å². The van der Waals surface area contributed by atoms with Gasteiger partial charge in [0.05, 0.1) is 12.0 Å². The van der Waals surface area contributed by atoms with Crippen LogP contribution in [-0.4, -0.2) is 62.5 Å². The number of hydrogen-bond acceptors (Lipinski definition) is 7. The van der Waals surface area contributed by atoms with Gasteiger partial charge in [-0.1, -0.05) is 74.0 Å². The summed E-state index contributed by atoms with van der Waals surface area (Å²) in [4.78, 5) is 2.01. The Morgan fingerprint density at radius 1 is 0.851 bits per heavy atom. The molecule has 2 heterocycles. The lowest BCUT2D eigenvalue weighted by Crippen LogP contribution is -2.29. The molecule has 0 aromatic heterocycles. The molecule has 2 aliphatic heterocycles. The first-order chi connectivity index (χ1) is 22.0. The molecule has 0 bridgehead atoms. The Morgan fingerprint density at radius 3 is 2.19 bits per heavy atom. The maximum Gasteiger partial charge on any atom is 0.397 e. The Balaban J connectivity index is 1.47. The molecule has 0 amide bonds. The van der Waals surface area contributed by atoms with Crippen molar-refractivity contribution in [3.63, 3.8) is 0 Å². The lowest BCUT2D eigenvalue weighted by Gasteiger charge is -2.27. The first-order valence-electron chi connectivity index (χ1n) is 15.3. The average Bonchev–Trinajstić information content (AvgIpc) is 3.33. The topological polar surface area (TPSA) is 133 Å². The quantitative estimate of drug-likeness (QED) is 0.198. The number of fused-ring (bicyclic) bond motifs is 2. The molecule has 13 heteroatoms. The summed E-state index contributed by atoms with van der Waals surface area (Å²) in [6, 6.07) is 15.9. The Labute approximate surface area is 282 Å². The van der Waals surface area contributed by atoms with Crippen LogP contribution in [0.4, 0.5) is 11.4 Å². The number of benzene rings is 2. The van der Waals surface area contributed by atoms with Gasteiger partial charge in [-0.15, -0.1) is 0 Å². The minimum Gasteiger partial charge on any atom is -0.342 e. The van der Waals surface area contributed by atoms with Gasteiger partial charge < -0.3 is 4.90 Å². The van der Waals surface area contributed by atoms with E-state index in [-0.39, 0.29) is 37.1 Å². The molecule has 0 saturated heterocycles. The highest BCUT2D eigenvalue weighted by molar-refractivity contribution is 7.81. The SMILES string of the molecule is CC1(C)C(/C=C/C2=C(Cl)C(=C/C=C3/N(CCOS(=O)(=O)O)c4ccccc4C3(C)C)/CCC2)=[N+](CCOS(=O)(=O)O)c2ccccc21. The third-order valence-corrected chi connectivity index (χ3v) is 10.4. The number of para-hydroxylation sites is 2. The molecule has 47 heavy (non-hydrogen) atoms. The fraction of sp³-hybridized carbons (Fsp3) is 0.382. The summed E-state index contributed by atoms with van der Waals surface area (Å²) in [7, 11) is -9.13. The fourth-order valence-electron chi connectivity index (χ4n) is 6.80. The minimum atomic E-state index is -4.56. The van der Waals surface area contributed by atoms with Gasteiger partial charge in [0.15, 0.2) is 12.3 Å². The molecule has 2 aromatic rings. The second-order valence-electron chi connectivity index (χ2n) is 12.7. The van der Waals surface area contributed by atoms with Crippen LogP contribution in [0.15, 0.2) is 94.7 Å². The smallest absolute Gasteiger partial charge is 0.342 e. The number of anilines is 1. The summed E-state index contributed by atoms with van der Waals surface area (Å²) in [6.07, 6.45) is 10.6. The summed E-state index contributed by atoms with van der Waals surface area (Å²) < 4.78 is 74.4. The molecule has 2 aromatic carbocycles. The van der Waals surface area contributed by atoms with Crippen LogP contribution < -0.4 is 4.90 Å². The van der Waals surface area contributed by atoms with Crippen LogP contribution >= 0.6 is 11.6 Å². The van der Waals surface area contributed by atoms with Crippen molar-refractivity contribution in [1.29, 1.82) is 0 Å². The van der Waals surface area contributed by atoms with Crippen molar-refractivity contribution >= 4 is 49.5 Å². The summed E-state index contributed by atoms with van der Waals surface area (Å²) in [5.74, 6) is 0. The van der Waals surface area contributed by atoms with Crippen molar-refractivity contribution < 1.29 is 38.9 Å².